The molecule has 0 radical (unpaired) electrons. The number of aliphatic hydroxyl groups excluding tert-OH is 1. The van der Waals surface area contributed by atoms with Crippen molar-refractivity contribution in [3.63, 3.8) is 0 Å². The van der Waals surface area contributed by atoms with Crippen LogP contribution in [-0.2, 0) is 11.1 Å². The van der Waals surface area contributed by atoms with Gasteiger partial charge in [0.15, 0.2) is 6.29 Å². The van der Waals surface area contributed by atoms with E-state index in [9.17, 15) is 23.4 Å². The first kappa shape index (κ1) is 19.2. The van der Waals surface area contributed by atoms with Gasteiger partial charge in [-0.15, -0.1) is 5.73 Å². The summed E-state index contributed by atoms with van der Waals surface area (Å²) in [5.74, 6) is 0.155. The number of halogens is 1. The summed E-state index contributed by atoms with van der Waals surface area (Å²) in [5, 5.41) is 18.8. The van der Waals surface area contributed by atoms with Gasteiger partial charge in [-0.1, -0.05) is 17.7 Å². The first-order valence-electron chi connectivity index (χ1n) is 8.73. The summed E-state index contributed by atoms with van der Waals surface area (Å²) < 4.78 is 35.8. The van der Waals surface area contributed by atoms with Crippen LogP contribution in [0.2, 0.25) is 0 Å². The van der Waals surface area contributed by atoms with E-state index in [0.29, 0.717) is 12.8 Å². The Morgan fingerprint density at radius 2 is 2.00 bits per heavy atom. The molecule has 2 aliphatic rings. The molecule has 140 valence electrons. The van der Waals surface area contributed by atoms with Gasteiger partial charge in [-0.25, -0.2) is 4.39 Å². The highest BCUT2D eigenvalue weighted by Crippen LogP contribution is 2.50. The Kier molecular flexibility index (Phi) is 5.90. The molecular formula is C20H22FO4S-. The van der Waals surface area contributed by atoms with E-state index in [2.05, 4.69) is 5.73 Å². The zero-order valence-corrected chi connectivity index (χ0v) is 15.3. The molecule has 2 N–H and O–H groups in total. The van der Waals surface area contributed by atoms with Crippen LogP contribution in [0.1, 0.15) is 38.2 Å². The quantitative estimate of drug-likeness (QED) is 0.479. The summed E-state index contributed by atoms with van der Waals surface area (Å²) in [6.45, 7) is 1.93. The van der Waals surface area contributed by atoms with Gasteiger partial charge in [0.05, 0.1) is 0 Å². The van der Waals surface area contributed by atoms with Crippen LogP contribution in [0.5, 0.6) is 0 Å². The summed E-state index contributed by atoms with van der Waals surface area (Å²) in [5.41, 5.74) is 7.01. The summed E-state index contributed by atoms with van der Waals surface area (Å²) in [6, 6.07) is 6.48. The van der Waals surface area contributed by atoms with Crippen LogP contribution >= 0.6 is 0 Å². The maximum atomic E-state index is 13.9. The predicted octanol–water partition coefficient (Wildman–Crippen LogP) is 3.25. The van der Waals surface area contributed by atoms with Crippen LogP contribution in [0.4, 0.5) is 4.39 Å². The highest BCUT2D eigenvalue weighted by atomic mass is 32.2. The van der Waals surface area contributed by atoms with E-state index in [1.165, 1.54) is 12.1 Å². The zero-order valence-electron chi connectivity index (χ0n) is 14.5. The third-order valence-electron chi connectivity index (χ3n) is 5.36. The SMILES string of the molecule is CC1=C(CC(O)O)[C@H]2CC(F)CC[C@H]2C1=C=Cc1ccc(S(=O)[O-])cc1. The molecule has 0 aromatic heterocycles. The monoisotopic (exact) mass is 377 g/mol. The largest absolute Gasteiger partial charge is 0.768 e. The Labute approximate surface area is 155 Å². The molecule has 2 unspecified atom stereocenters. The fraction of sp³-hybridized carbons (Fsp3) is 0.450. The predicted molar refractivity (Wildman–Crippen MR) is 96.4 cm³/mol. The fourth-order valence-corrected chi connectivity index (χ4v) is 4.49. The first-order valence-corrected chi connectivity index (χ1v) is 9.80. The minimum Gasteiger partial charge on any atom is -0.768 e. The fourth-order valence-electron chi connectivity index (χ4n) is 4.13. The molecule has 4 nitrogen and oxygen atoms in total. The van der Waals surface area contributed by atoms with Crippen LogP contribution < -0.4 is 0 Å². The Balaban J connectivity index is 1.94. The lowest BCUT2D eigenvalue weighted by molar-refractivity contribution is -0.0405. The van der Waals surface area contributed by atoms with Crippen molar-refractivity contribution in [1.82, 2.24) is 0 Å². The Bertz CT molecular complexity index is 791. The lowest BCUT2D eigenvalue weighted by atomic mass is 9.76. The van der Waals surface area contributed by atoms with Crippen molar-refractivity contribution >= 4 is 17.2 Å². The van der Waals surface area contributed by atoms with Gasteiger partial charge >= 0.3 is 0 Å². The average molecular weight is 377 g/mol. The van der Waals surface area contributed by atoms with E-state index in [-0.39, 0.29) is 23.2 Å². The van der Waals surface area contributed by atoms with Crippen LogP contribution in [0, 0.1) is 11.8 Å². The smallest absolute Gasteiger partial charge is 0.155 e. The maximum Gasteiger partial charge on any atom is 0.155 e. The van der Waals surface area contributed by atoms with Gasteiger partial charge in [0, 0.05) is 16.9 Å². The van der Waals surface area contributed by atoms with E-state index in [1.54, 1.807) is 18.2 Å². The molecule has 0 bridgehead atoms. The molecule has 6 heteroatoms. The summed E-state index contributed by atoms with van der Waals surface area (Å²) in [7, 11) is 0. The van der Waals surface area contributed by atoms with Crippen molar-refractivity contribution in [3.05, 3.63) is 52.3 Å². The topological polar surface area (TPSA) is 80.6 Å². The Morgan fingerprint density at radius 3 is 2.62 bits per heavy atom. The second kappa shape index (κ2) is 7.99. The number of allylic oxidation sites excluding steroid dienone is 2. The number of alkyl halides is 1. The van der Waals surface area contributed by atoms with Crippen LogP contribution in [0.3, 0.4) is 0 Å². The minimum atomic E-state index is -2.25. The first-order chi connectivity index (χ1) is 12.4. The molecule has 1 fully saturated rings. The molecule has 4 atom stereocenters. The number of aliphatic hydroxyl groups is 2. The van der Waals surface area contributed by atoms with Crippen molar-refractivity contribution in [2.45, 2.75) is 50.0 Å². The lowest BCUT2D eigenvalue weighted by Gasteiger charge is -2.30. The van der Waals surface area contributed by atoms with Crippen molar-refractivity contribution < 1.29 is 23.4 Å². The molecule has 26 heavy (non-hydrogen) atoms. The van der Waals surface area contributed by atoms with Gasteiger partial charge in [-0.05, 0) is 78.4 Å². The van der Waals surface area contributed by atoms with Crippen LogP contribution in [0.15, 0.2) is 51.6 Å². The molecule has 0 saturated heterocycles. The van der Waals surface area contributed by atoms with Crippen molar-refractivity contribution in [3.8, 4) is 0 Å². The van der Waals surface area contributed by atoms with E-state index in [0.717, 1.165) is 28.7 Å². The Morgan fingerprint density at radius 1 is 1.31 bits per heavy atom. The van der Waals surface area contributed by atoms with E-state index in [4.69, 9.17) is 0 Å². The van der Waals surface area contributed by atoms with Gasteiger partial charge in [0.1, 0.15) is 6.17 Å². The van der Waals surface area contributed by atoms with Gasteiger partial charge in [0.2, 0.25) is 0 Å². The maximum absolute atomic E-state index is 13.9. The van der Waals surface area contributed by atoms with Gasteiger partial charge < -0.3 is 14.8 Å². The van der Waals surface area contributed by atoms with Gasteiger partial charge in [-0.3, -0.25) is 4.21 Å². The van der Waals surface area contributed by atoms with Crippen molar-refractivity contribution in [2.24, 2.45) is 11.8 Å². The third kappa shape index (κ3) is 4.05. The highest BCUT2D eigenvalue weighted by Gasteiger charge is 2.41. The van der Waals surface area contributed by atoms with Gasteiger partial charge in [-0.2, -0.15) is 0 Å². The highest BCUT2D eigenvalue weighted by molar-refractivity contribution is 7.79. The lowest BCUT2D eigenvalue weighted by Crippen LogP contribution is -2.25. The van der Waals surface area contributed by atoms with E-state index < -0.39 is 23.5 Å². The number of fused-ring (bicyclic) bond motifs is 1. The molecule has 0 amide bonds. The van der Waals surface area contributed by atoms with E-state index in [1.807, 2.05) is 6.92 Å². The summed E-state index contributed by atoms with van der Waals surface area (Å²) >= 11 is -2.25. The number of hydrogen-bond donors (Lipinski definition) is 2. The van der Waals surface area contributed by atoms with Gasteiger partial charge in [0.25, 0.3) is 0 Å². The van der Waals surface area contributed by atoms with Crippen LogP contribution in [-0.4, -0.2) is 31.4 Å². The standard InChI is InChI=1S/C20H23FO4S/c1-12-16(8-4-13-2-6-15(7-3-13)26(24)25)17-9-5-14(21)10-19(17)18(12)11-20(22)23/h2-4,6-7,14,17,19-20,22-23H,5,9-11H2,1H3,(H,24,25)/p-1/t8?,14?,17-,19-/m0/s1. The minimum absolute atomic E-state index is 0.00158. The molecule has 0 heterocycles. The van der Waals surface area contributed by atoms with E-state index >= 15 is 0 Å². The third-order valence-corrected chi connectivity index (χ3v) is 6.02. The summed E-state index contributed by atoms with van der Waals surface area (Å²) in [6.07, 6.45) is 1.29. The normalized spacial score (nSPS) is 26.7. The van der Waals surface area contributed by atoms with Crippen LogP contribution in [0.25, 0.3) is 6.08 Å². The molecule has 1 saturated carbocycles. The molecule has 1 aromatic carbocycles. The number of rotatable bonds is 4. The molecule has 0 aliphatic heterocycles. The molecule has 0 spiro atoms. The zero-order chi connectivity index (χ0) is 18.8. The Hall–Kier alpha value is -1.56. The number of hydrogen-bond acceptors (Lipinski definition) is 4. The summed E-state index contributed by atoms with van der Waals surface area (Å²) in [4.78, 5) is 0.229. The second-order valence-electron chi connectivity index (χ2n) is 6.96. The molecule has 2 aliphatic carbocycles. The van der Waals surface area contributed by atoms with Crippen molar-refractivity contribution in [2.75, 3.05) is 0 Å². The van der Waals surface area contributed by atoms with Crippen molar-refractivity contribution in [1.29, 1.82) is 0 Å². The second-order valence-corrected chi connectivity index (χ2v) is 7.91. The average Bonchev–Trinajstić information content (AvgIpc) is 2.84. The molecular weight excluding hydrogens is 355 g/mol. The number of benzene rings is 1. The molecule has 1 aromatic rings. The molecule has 3 rings (SSSR count).